The maximum absolute atomic E-state index is 12.4. The van der Waals surface area contributed by atoms with Crippen molar-refractivity contribution in [2.24, 2.45) is 5.73 Å². The number of pyridine rings is 1. The number of nitrogens with zero attached hydrogens (tertiary/aromatic N) is 5. The van der Waals surface area contributed by atoms with Gasteiger partial charge in [-0.2, -0.15) is 5.26 Å². The van der Waals surface area contributed by atoms with Gasteiger partial charge in [-0.15, -0.1) is 0 Å². The molecule has 4 rings (SSSR count). The molecule has 3 heterocycles. The van der Waals surface area contributed by atoms with E-state index < -0.39 is 11.2 Å². The molecule has 0 saturated carbocycles. The number of rotatable bonds is 7. The number of likely N-dealkylation sites (tertiary alicyclic amines) is 1. The molecule has 1 aromatic heterocycles. The summed E-state index contributed by atoms with van der Waals surface area (Å²) in [6.45, 7) is 10.7. The second-order valence-corrected chi connectivity index (χ2v) is 9.80. The fourth-order valence-corrected chi connectivity index (χ4v) is 5.90. The fraction of sp³-hybridized carbons (Fsp3) is 0.385. The molecular formula is C26H26N6O3S. The van der Waals surface area contributed by atoms with E-state index in [1.165, 1.54) is 4.90 Å². The van der Waals surface area contributed by atoms with E-state index in [0.717, 1.165) is 11.8 Å². The Morgan fingerprint density at radius 2 is 1.89 bits per heavy atom. The zero-order valence-electron chi connectivity index (χ0n) is 19.9. The van der Waals surface area contributed by atoms with E-state index in [-0.39, 0.29) is 36.3 Å². The highest BCUT2D eigenvalue weighted by atomic mass is 32.2. The van der Waals surface area contributed by atoms with Crippen LogP contribution in [0.1, 0.15) is 54.5 Å². The highest BCUT2D eigenvalue weighted by molar-refractivity contribution is 8.00. The van der Waals surface area contributed by atoms with Crippen LogP contribution in [0.5, 0.6) is 0 Å². The lowest BCUT2D eigenvalue weighted by atomic mass is 10.0. The van der Waals surface area contributed by atoms with Crippen LogP contribution in [0.2, 0.25) is 0 Å². The van der Waals surface area contributed by atoms with Crippen molar-refractivity contribution in [3.63, 3.8) is 0 Å². The Kier molecular flexibility index (Phi) is 7.56. The van der Waals surface area contributed by atoms with Crippen LogP contribution in [0.25, 0.3) is 4.85 Å². The molecule has 1 atom stereocenters. The van der Waals surface area contributed by atoms with Crippen LogP contribution in [-0.4, -0.2) is 46.7 Å². The summed E-state index contributed by atoms with van der Waals surface area (Å²) in [5, 5.41) is 9.58. The van der Waals surface area contributed by atoms with Gasteiger partial charge in [-0.05, 0) is 30.4 Å². The van der Waals surface area contributed by atoms with Gasteiger partial charge < -0.3 is 10.6 Å². The largest absolute Gasteiger partial charge is 0.368 e. The van der Waals surface area contributed by atoms with Crippen molar-refractivity contribution in [2.45, 2.75) is 55.3 Å². The molecule has 2 aliphatic heterocycles. The lowest BCUT2D eigenvalue weighted by Crippen LogP contribution is -2.47. The Hall–Kier alpha value is -3.89. The zero-order chi connectivity index (χ0) is 25.8. The molecule has 2 fully saturated rings. The normalized spacial score (nSPS) is 17.1. The number of amides is 3. The number of nitriles is 1. The molecule has 1 aromatic carbocycles. The molecule has 3 amide bonds. The predicted octanol–water partition coefficient (Wildman–Crippen LogP) is 3.50. The van der Waals surface area contributed by atoms with Crippen LogP contribution >= 0.6 is 11.8 Å². The lowest BCUT2D eigenvalue weighted by Gasteiger charge is -2.37. The van der Waals surface area contributed by atoms with Gasteiger partial charge in [0.2, 0.25) is 23.4 Å². The second-order valence-electron chi connectivity index (χ2n) is 8.71. The first-order chi connectivity index (χ1) is 17.4. The lowest BCUT2D eigenvalue weighted by molar-refractivity contribution is -0.141. The summed E-state index contributed by atoms with van der Waals surface area (Å²) in [4.78, 5) is 48.6. The quantitative estimate of drug-likeness (QED) is 0.349. The predicted molar refractivity (Wildman–Crippen MR) is 135 cm³/mol. The number of hydrogen-bond acceptors (Lipinski definition) is 7. The third kappa shape index (κ3) is 4.77. The summed E-state index contributed by atoms with van der Waals surface area (Å²) in [5.74, 6) is -0.340. The molecule has 0 radical (unpaired) electrons. The number of primary amides is 1. The van der Waals surface area contributed by atoms with E-state index in [9.17, 15) is 19.6 Å². The fourth-order valence-electron chi connectivity index (χ4n) is 4.84. The number of aromatic nitrogens is 1. The Bertz CT molecular complexity index is 1260. The van der Waals surface area contributed by atoms with Gasteiger partial charge in [-0.1, -0.05) is 49.0 Å². The van der Waals surface area contributed by atoms with Crippen molar-refractivity contribution in [1.82, 2.24) is 9.88 Å². The number of benzene rings is 1. The second kappa shape index (κ2) is 10.8. The number of imide groups is 1. The molecule has 2 aliphatic rings. The van der Waals surface area contributed by atoms with Gasteiger partial charge in [0.1, 0.15) is 22.2 Å². The van der Waals surface area contributed by atoms with Crippen molar-refractivity contribution in [1.29, 1.82) is 5.26 Å². The van der Waals surface area contributed by atoms with Crippen molar-refractivity contribution >= 4 is 41.0 Å². The minimum Gasteiger partial charge on any atom is -0.368 e. The van der Waals surface area contributed by atoms with E-state index in [4.69, 9.17) is 17.3 Å². The molecule has 9 nitrogen and oxygen atoms in total. The summed E-state index contributed by atoms with van der Waals surface area (Å²) in [6.07, 6.45) is 2.13. The van der Waals surface area contributed by atoms with E-state index in [1.807, 2.05) is 30.0 Å². The molecule has 1 unspecified atom stereocenters. The van der Waals surface area contributed by atoms with E-state index in [0.29, 0.717) is 60.0 Å². The summed E-state index contributed by atoms with van der Waals surface area (Å²) in [7, 11) is 0. The number of carbonyl (C=O) groups is 3. The number of anilines is 1. The van der Waals surface area contributed by atoms with Crippen molar-refractivity contribution < 1.29 is 14.4 Å². The van der Waals surface area contributed by atoms with Gasteiger partial charge in [0.05, 0.1) is 12.1 Å². The molecule has 2 aromatic rings. The Labute approximate surface area is 214 Å². The number of nitrogens with two attached hydrogens (primary N) is 1. The van der Waals surface area contributed by atoms with Gasteiger partial charge >= 0.3 is 0 Å². The molecule has 0 aliphatic carbocycles. The summed E-state index contributed by atoms with van der Waals surface area (Å²) >= 11 is 1.11. The van der Waals surface area contributed by atoms with Crippen LogP contribution < -0.4 is 10.6 Å². The van der Waals surface area contributed by atoms with Crippen molar-refractivity contribution in [2.75, 3.05) is 18.0 Å². The average Bonchev–Trinajstić information content (AvgIpc) is 3.24. The minimum absolute atomic E-state index is 0.123. The average molecular weight is 503 g/mol. The van der Waals surface area contributed by atoms with Gasteiger partial charge in [-0.3, -0.25) is 19.3 Å². The van der Waals surface area contributed by atoms with Crippen LogP contribution in [-0.2, 0) is 20.8 Å². The van der Waals surface area contributed by atoms with Crippen molar-refractivity contribution in [3.8, 4) is 6.07 Å². The molecule has 36 heavy (non-hydrogen) atoms. The zero-order valence-corrected chi connectivity index (χ0v) is 20.8. The molecule has 2 saturated heterocycles. The molecule has 2 N–H and O–H groups in total. The first kappa shape index (κ1) is 25.2. The number of carbonyl (C=O) groups excluding carboxylic acids is 3. The molecule has 184 valence electrons. The molecule has 10 heteroatoms. The molecular weight excluding hydrogens is 476 g/mol. The third-order valence-electron chi connectivity index (χ3n) is 6.61. The first-order valence-electron chi connectivity index (χ1n) is 11.8. The van der Waals surface area contributed by atoms with Crippen LogP contribution in [0, 0.1) is 17.9 Å². The van der Waals surface area contributed by atoms with Crippen molar-refractivity contribution in [3.05, 3.63) is 58.4 Å². The summed E-state index contributed by atoms with van der Waals surface area (Å²) < 4.78 is 0. The van der Waals surface area contributed by atoms with Crippen LogP contribution in [0.4, 0.5) is 11.5 Å². The monoisotopic (exact) mass is 502 g/mol. The highest BCUT2D eigenvalue weighted by Gasteiger charge is 2.37. The number of thioether (sulfide) groups is 1. The standard InChI is InChI=1S/C26H26N6O3S/c1-3-18-19(15-27)26(36-23(24(28)35)16-7-5-4-6-8-16)30-25(22(18)29-2)31-13-11-17(12-14-31)32-20(33)9-10-21(32)34/h4-8,17,23H,3,9-14H2,1H3,(H2,28,35). The number of hydrogen-bond donors (Lipinski definition) is 1. The Morgan fingerprint density at radius 3 is 2.42 bits per heavy atom. The summed E-state index contributed by atoms with van der Waals surface area (Å²) in [6, 6.07) is 11.1. The van der Waals surface area contributed by atoms with E-state index in [1.54, 1.807) is 12.1 Å². The van der Waals surface area contributed by atoms with Gasteiger partial charge in [0.15, 0.2) is 0 Å². The first-order valence-corrected chi connectivity index (χ1v) is 12.7. The van der Waals surface area contributed by atoms with Gasteiger partial charge in [0.25, 0.3) is 0 Å². The SMILES string of the molecule is [C-]#[N+]c1c(N2CCC(N3C(=O)CCC3=O)CC2)nc(SC(C(N)=O)c2ccccc2)c(C#N)c1CC. The van der Waals surface area contributed by atoms with Crippen LogP contribution in [0.15, 0.2) is 35.4 Å². The van der Waals surface area contributed by atoms with Crippen LogP contribution in [0.3, 0.4) is 0 Å². The third-order valence-corrected chi connectivity index (χ3v) is 7.87. The topological polar surface area (TPSA) is 125 Å². The van der Waals surface area contributed by atoms with E-state index >= 15 is 0 Å². The number of piperidine rings is 1. The van der Waals surface area contributed by atoms with Gasteiger partial charge in [-0.25, -0.2) is 9.83 Å². The van der Waals surface area contributed by atoms with Gasteiger partial charge in [0, 0.05) is 32.0 Å². The summed E-state index contributed by atoms with van der Waals surface area (Å²) in [5.41, 5.74) is 7.61. The maximum atomic E-state index is 12.4. The maximum Gasteiger partial charge on any atom is 0.235 e. The Balaban J connectivity index is 1.69. The Morgan fingerprint density at radius 1 is 1.25 bits per heavy atom. The highest BCUT2D eigenvalue weighted by Crippen LogP contribution is 2.43. The molecule has 0 spiro atoms. The smallest absolute Gasteiger partial charge is 0.235 e. The van der Waals surface area contributed by atoms with E-state index in [2.05, 4.69) is 10.9 Å². The minimum atomic E-state index is -0.750. The molecule has 0 bridgehead atoms.